The maximum Gasteiger partial charge on any atom is 0.234 e. The highest BCUT2D eigenvalue weighted by Gasteiger charge is 2.16. The Balaban J connectivity index is 1.30. The van der Waals surface area contributed by atoms with Crippen molar-refractivity contribution in [3.8, 4) is 0 Å². The number of carbonyl (C=O) groups excluding carboxylic acids is 1. The predicted molar refractivity (Wildman–Crippen MR) is 120 cm³/mol. The number of rotatable bonds is 8. The van der Waals surface area contributed by atoms with Gasteiger partial charge in [-0.3, -0.25) is 4.79 Å². The molecule has 0 atom stereocenters. The second-order valence-electron chi connectivity index (χ2n) is 7.77. The van der Waals surface area contributed by atoms with Crippen molar-refractivity contribution in [2.45, 2.75) is 38.0 Å². The summed E-state index contributed by atoms with van der Waals surface area (Å²) in [5.74, 6) is 1.11. The average molecular weight is 423 g/mol. The van der Waals surface area contributed by atoms with Crippen LogP contribution in [0.15, 0.2) is 59.8 Å². The highest BCUT2D eigenvalue weighted by Crippen LogP contribution is 2.19. The van der Waals surface area contributed by atoms with Crippen LogP contribution in [-0.2, 0) is 17.9 Å². The Morgan fingerprint density at radius 2 is 1.77 bits per heavy atom. The maximum absolute atomic E-state index is 12.4. The Labute approximate surface area is 181 Å². The van der Waals surface area contributed by atoms with Crippen molar-refractivity contribution < 1.29 is 9.69 Å². The molecule has 1 amide bonds. The largest absolute Gasteiger partial charge is 0.331 e. The minimum atomic E-state index is -0.0372. The number of hydrogen-bond acceptors (Lipinski definition) is 4. The van der Waals surface area contributed by atoms with Gasteiger partial charge in [-0.15, -0.1) is 10.2 Å². The number of thioether (sulfide) groups is 1. The van der Waals surface area contributed by atoms with Crippen molar-refractivity contribution in [3.63, 3.8) is 0 Å². The SMILES string of the molecule is Cc1nnc(SCC(=O)Nc2ccc(C[NH+]3CCCC3)cc2)n1Cc1ccccc1. The average Bonchev–Trinajstić information content (AvgIpc) is 3.39. The number of quaternary nitrogens is 1. The van der Waals surface area contributed by atoms with Crippen molar-refractivity contribution in [2.75, 3.05) is 24.2 Å². The van der Waals surface area contributed by atoms with Crippen LogP contribution in [0.1, 0.15) is 29.8 Å². The van der Waals surface area contributed by atoms with Crippen LogP contribution < -0.4 is 10.2 Å². The number of aromatic nitrogens is 3. The number of nitrogens with zero attached hydrogens (tertiary/aromatic N) is 3. The van der Waals surface area contributed by atoms with Gasteiger partial charge in [0.1, 0.15) is 12.4 Å². The fourth-order valence-electron chi connectivity index (χ4n) is 3.79. The Morgan fingerprint density at radius 1 is 1.03 bits per heavy atom. The van der Waals surface area contributed by atoms with Crippen LogP contribution in [0.4, 0.5) is 5.69 Å². The lowest BCUT2D eigenvalue weighted by Crippen LogP contribution is -3.08. The zero-order chi connectivity index (χ0) is 20.8. The molecule has 1 fully saturated rings. The van der Waals surface area contributed by atoms with Crippen molar-refractivity contribution in [1.29, 1.82) is 0 Å². The number of nitrogens with one attached hydrogen (secondary N) is 2. The molecule has 3 aromatic rings. The zero-order valence-electron chi connectivity index (χ0n) is 17.3. The van der Waals surface area contributed by atoms with E-state index in [0.29, 0.717) is 12.3 Å². The van der Waals surface area contributed by atoms with Crippen LogP contribution >= 0.6 is 11.8 Å². The smallest absolute Gasteiger partial charge is 0.234 e. The maximum atomic E-state index is 12.4. The summed E-state index contributed by atoms with van der Waals surface area (Å²) in [5.41, 5.74) is 3.34. The second-order valence-corrected chi connectivity index (χ2v) is 8.71. The number of anilines is 1. The molecule has 4 rings (SSSR count). The first kappa shape index (κ1) is 20.6. The Morgan fingerprint density at radius 3 is 2.50 bits per heavy atom. The first-order chi connectivity index (χ1) is 14.7. The van der Waals surface area contributed by atoms with E-state index in [1.54, 1.807) is 4.90 Å². The number of carbonyl (C=O) groups is 1. The Kier molecular flexibility index (Phi) is 6.81. The first-order valence-corrected chi connectivity index (χ1v) is 11.4. The van der Waals surface area contributed by atoms with Crippen LogP contribution in [0, 0.1) is 6.92 Å². The summed E-state index contributed by atoms with van der Waals surface area (Å²) >= 11 is 1.41. The zero-order valence-corrected chi connectivity index (χ0v) is 18.1. The van der Waals surface area contributed by atoms with E-state index in [4.69, 9.17) is 0 Å². The summed E-state index contributed by atoms with van der Waals surface area (Å²) < 4.78 is 2.04. The van der Waals surface area contributed by atoms with Crippen molar-refractivity contribution in [1.82, 2.24) is 14.8 Å². The van der Waals surface area contributed by atoms with E-state index < -0.39 is 0 Å². The van der Waals surface area contributed by atoms with Gasteiger partial charge in [-0.05, 0) is 24.6 Å². The molecule has 7 heteroatoms. The van der Waals surface area contributed by atoms with Crippen LogP contribution in [0.25, 0.3) is 0 Å². The molecular weight excluding hydrogens is 394 g/mol. The molecule has 1 aliphatic heterocycles. The molecule has 2 N–H and O–H groups in total. The molecule has 2 aromatic carbocycles. The van der Waals surface area contributed by atoms with Gasteiger partial charge in [0.05, 0.1) is 25.4 Å². The number of amides is 1. The Bertz CT molecular complexity index is 965. The monoisotopic (exact) mass is 422 g/mol. The van der Waals surface area contributed by atoms with Gasteiger partial charge in [-0.25, -0.2) is 0 Å². The van der Waals surface area contributed by atoms with E-state index in [-0.39, 0.29) is 5.91 Å². The molecule has 6 nitrogen and oxygen atoms in total. The summed E-state index contributed by atoms with van der Waals surface area (Å²) in [6, 6.07) is 18.4. The van der Waals surface area contributed by atoms with E-state index in [0.717, 1.165) is 23.2 Å². The van der Waals surface area contributed by atoms with Gasteiger partial charge in [0.2, 0.25) is 5.91 Å². The standard InChI is InChI=1S/C23H27N5OS/c1-18-25-26-23(28(18)16-19-7-3-2-4-8-19)30-17-22(29)24-21-11-9-20(10-12-21)15-27-13-5-6-14-27/h2-4,7-12H,5-6,13-17H2,1H3,(H,24,29)/p+1. The number of likely N-dealkylation sites (tertiary alicyclic amines) is 1. The highest BCUT2D eigenvalue weighted by atomic mass is 32.2. The van der Waals surface area contributed by atoms with E-state index in [1.165, 1.54) is 48.8 Å². The lowest BCUT2D eigenvalue weighted by molar-refractivity contribution is -0.901. The third kappa shape index (κ3) is 5.49. The fourth-order valence-corrected chi connectivity index (χ4v) is 4.57. The lowest BCUT2D eigenvalue weighted by atomic mass is 10.2. The molecule has 0 bridgehead atoms. The second kappa shape index (κ2) is 9.91. The van der Waals surface area contributed by atoms with Crippen LogP contribution in [-0.4, -0.2) is 39.5 Å². The van der Waals surface area contributed by atoms with Gasteiger partial charge >= 0.3 is 0 Å². The molecule has 0 aliphatic carbocycles. The van der Waals surface area contributed by atoms with Crippen molar-refractivity contribution >= 4 is 23.4 Å². The van der Waals surface area contributed by atoms with Gasteiger partial charge in [0, 0.05) is 24.1 Å². The van der Waals surface area contributed by atoms with Gasteiger partial charge in [0.15, 0.2) is 5.16 Å². The highest BCUT2D eigenvalue weighted by molar-refractivity contribution is 7.99. The Hall–Kier alpha value is -2.64. The topological polar surface area (TPSA) is 64.2 Å². The van der Waals surface area contributed by atoms with E-state index in [1.807, 2.05) is 41.8 Å². The molecule has 1 aliphatic rings. The summed E-state index contributed by atoms with van der Waals surface area (Å²) in [6.45, 7) is 6.24. The molecule has 1 aromatic heterocycles. The van der Waals surface area contributed by atoms with Gasteiger partial charge in [0.25, 0.3) is 0 Å². The minimum absolute atomic E-state index is 0.0372. The third-order valence-corrected chi connectivity index (χ3v) is 6.39. The summed E-state index contributed by atoms with van der Waals surface area (Å²) in [5, 5.41) is 12.2. The molecule has 2 heterocycles. The number of aryl methyl sites for hydroxylation is 1. The van der Waals surface area contributed by atoms with Gasteiger partial charge < -0.3 is 14.8 Å². The fraction of sp³-hybridized carbons (Fsp3) is 0.348. The lowest BCUT2D eigenvalue weighted by Gasteiger charge is -2.12. The molecule has 1 saturated heterocycles. The van der Waals surface area contributed by atoms with Gasteiger partial charge in [-0.1, -0.05) is 54.2 Å². The third-order valence-electron chi connectivity index (χ3n) is 5.42. The van der Waals surface area contributed by atoms with E-state index >= 15 is 0 Å². The summed E-state index contributed by atoms with van der Waals surface area (Å²) in [7, 11) is 0. The van der Waals surface area contributed by atoms with Crippen LogP contribution in [0.5, 0.6) is 0 Å². The minimum Gasteiger partial charge on any atom is -0.331 e. The molecule has 30 heavy (non-hydrogen) atoms. The number of hydrogen-bond donors (Lipinski definition) is 2. The molecule has 0 unspecified atom stereocenters. The first-order valence-electron chi connectivity index (χ1n) is 10.5. The molecule has 0 spiro atoms. The van der Waals surface area contributed by atoms with E-state index in [9.17, 15) is 4.79 Å². The van der Waals surface area contributed by atoms with Crippen molar-refractivity contribution in [3.05, 3.63) is 71.5 Å². The van der Waals surface area contributed by atoms with Crippen LogP contribution in [0.2, 0.25) is 0 Å². The molecule has 0 radical (unpaired) electrons. The summed E-state index contributed by atoms with van der Waals surface area (Å²) in [6.07, 6.45) is 2.67. The van der Waals surface area contributed by atoms with Crippen molar-refractivity contribution in [2.24, 2.45) is 0 Å². The molecular formula is C23H28N5OS+. The normalized spacial score (nSPS) is 14.2. The van der Waals surface area contributed by atoms with E-state index in [2.05, 4.69) is 39.8 Å². The van der Waals surface area contributed by atoms with Gasteiger partial charge in [-0.2, -0.15) is 0 Å². The predicted octanol–water partition coefficient (Wildman–Crippen LogP) is 2.54. The quantitative estimate of drug-likeness (QED) is 0.548. The number of benzene rings is 2. The summed E-state index contributed by atoms with van der Waals surface area (Å²) in [4.78, 5) is 14.1. The van der Waals surface area contributed by atoms with Crippen LogP contribution in [0.3, 0.4) is 0 Å². The molecule has 156 valence electrons. The molecule has 0 saturated carbocycles.